The fourth-order valence-corrected chi connectivity index (χ4v) is 2.04. The fraction of sp³-hybridized carbons (Fsp3) is 0.667. The van der Waals surface area contributed by atoms with Gasteiger partial charge in [0.1, 0.15) is 11.9 Å². The van der Waals surface area contributed by atoms with Gasteiger partial charge in [-0.3, -0.25) is 4.79 Å². The van der Waals surface area contributed by atoms with E-state index in [0.717, 1.165) is 19.3 Å². The van der Waals surface area contributed by atoms with Crippen molar-refractivity contribution < 1.29 is 4.74 Å². The second-order valence-corrected chi connectivity index (χ2v) is 4.87. The van der Waals surface area contributed by atoms with Crippen LogP contribution < -0.4 is 16.0 Å². The molecule has 5 heteroatoms. The lowest BCUT2D eigenvalue weighted by Gasteiger charge is -2.17. The summed E-state index contributed by atoms with van der Waals surface area (Å²) < 4.78 is 5.70. The van der Waals surface area contributed by atoms with Crippen LogP contribution >= 0.6 is 0 Å². The monoisotopic (exact) mass is 237 g/mol. The first kappa shape index (κ1) is 12.1. The third kappa shape index (κ3) is 2.85. The molecule has 2 unspecified atom stereocenters. The van der Waals surface area contributed by atoms with E-state index in [1.165, 1.54) is 6.07 Å². The number of nitrogens with two attached hydrogens (primary N) is 1. The Balaban J connectivity index is 2.18. The van der Waals surface area contributed by atoms with Gasteiger partial charge in [-0.1, -0.05) is 13.8 Å². The molecule has 1 saturated carbocycles. The first-order valence-corrected chi connectivity index (χ1v) is 6.10. The molecule has 1 aromatic heterocycles. The summed E-state index contributed by atoms with van der Waals surface area (Å²) in [5, 5.41) is 0. The molecule has 0 bridgehead atoms. The van der Waals surface area contributed by atoms with Gasteiger partial charge in [0, 0.05) is 12.0 Å². The van der Waals surface area contributed by atoms with Crippen molar-refractivity contribution in [1.82, 2.24) is 9.97 Å². The highest BCUT2D eigenvalue weighted by Crippen LogP contribution is 2.22. The maximum atomic E-state index is 11.5. The summed E-state index contributed by atoms with van der Waals surface area (Å²) in [5.74, 6) is 1.21. The highest BCUT2D eigenvalue weighted by molar-refractivity contribution is 5.11. The Morgan fingerprint density at radius 3 is 2.88 bits per heavy atom. The Kier molecular flexibility index (Phi) is 3.47. The highest BCUT2D eigenvalue weighted by Gasteiger charge is 2.26. The average Bonchev–Trinajstić information content (AvgIpc) is 2.63. The highest BCUT2D eigenvalue weighted by atomic mass is 16.5. The molecular weight excluding hydrogens is 218 g/mol. The van der Waals surface area contributed by atoms with Crippen LogP contribution in [0.2, 0.25) is 0 Å². The summed E-state index contributed by atoms with van der Waals surface area (Å²) in [6, 6.07) is 1.44. The van der Waals surface area contributed by atoms with E-state index in [4.69, 9.17) is 10.5 Å². The molecule has 1 fully saturated rings. The predicted octanol–water partition coefficient (Wildman–Crippen LogP) is 1.15. The van der Waals surface area contributed by atoms with Gasteiger partial charge in [-0.2, -0.15) is 4.98 Å². The SMILES string of the molecule is CC(C)c1nc(OC2CCCC2N)cc(=O)[nH]1. The first-order chi connectivity index (χ1) is 8.06. The second kappa shape index (κ2) is 4.87. The van der Waals surface area contributed by atoms with Crippen LogP contribution in [-0.2, 0) is 0 Å². The molecule has 1 heterocycles. The number of ether oxygens (including phenoxy) is 1. The molecule has 0 saturated heterocycles. The molecule has 1 aliphatic rings. The van der Waals surface area contributed by atoms with Crippen molar-refractivity contribution in [3.05, 3.63) is 22.2 Å². The van der Waals surface area contributed by atoms with Crippen LogP contribution in [0, 0.1) is 0 Å². The molecule has 94 valence electrons. The van der Waals surface area contributed by atoms with Crippen LogP contribution in [-0.4, -0.2) is 22.1 Å². The number of aromatic nitrogens is 2. The van der Waals surface area contributed by atoms with Crippen molar-refractivity contribution in [3.63, 3.8) is 0 Å². The van der Waals surface area contributed by atoms with Gasteiger partial charge in [-0.25, -0.2) is 0 Å². The summed E-state index contributed by atoms with van der Waals surface area (Å²) in [4.78, 5) is 18.5. The maximum absolute atomic E-state index is 11.5. The van der Waals surface area contributed by atoms with Crippen molar-refractivity contribution in [1.29, 1.82) is 0 Å². The fourth-order valence-electron chi connectivity index (χ4n) is 2.04. The number of nitrogens with one attached hydrogen (secondary N) is 1. The van der Waals surface area contributed by atoms with E-state index in [9.17, 15) is 4.79 Å². The first-order valence-electron chi connectivity index (χ1n) is 6.10. The van der Waals surface area contributed by atoms with E-state index in [-0.39, 0.29) is 23.6 Å². The van der Waals surface area contributed by atoms with Gasteiger partial charge >= 0.3 is 0 Å². The number of nitrogens with zero attached hydrogens (tertiary/aromatic N) is 1. The molecule has 2 atom stereocenters. The number of hydrogen-bond donors (Lipinski definition) is 2. The van der Waals surface area contributed by atoms with Crippen molar-refractivity contribution in [2.24, 2.45) is 5.73 Å². The molecule has 3 N–H and O–H groups in total. The van der Waals surface area contributed by atoms with Crippen molar-refractivity contribution in [3.8, 4) is 5.88 Å². The van der Waals surface area contributed by atoms with Crippen LogP contribution in [0.5, 0.6) is 5.88 Å². The summed E-state index contributed by atoms with van der Waals surface area (Å²) in [7, 11) is 0. The molecule has 1 aliphatic carbocycles. The van der Waals surface area contributed by atoms with E-state index >= 15 is 0 Å². The van der Waals surface area contributed by atoms with Crippen LogP contribution in [0.25, 0.3) is 0 Å². The van der Waals surface area contributed by atoms with Crippen molar-refractivity contribution >= 4 is 0 Å². The van der Waals surface area contributed by atoms with E-state index in [1.54, 1.807) is 0 Å². The zero-order chi connectivity index (χ0) is 12.4. The molecule has 17 heavy (non-hydrogen) atoms. The van der Waals surface area contributed by atoms with Crippen LogP contribution in [0.4, 0.5) is 0 Å². The summed E-state index contributed by atoms with van der Waals surface area (Å²) in [6.45, 7) is 3.95. The lowest BCUT2D eigenvalue weighted by Crippen LogP contribution is -2.34. The topological polar surface area (TPSA) is 81.0 Å². The van der Waals surface area contributed by atoms with Crippen molar-refractivity contribution in [2.45, 2.75) is 51.2 Å². The normalized spacial score (nSPS) is 24.2. The Morgan fingerprint density at radius 1 is 1.53 bits per heavy atom. The van der Waals surface area contributed by atoms with E-state index < -0.39 is 0 Å². The third-order valence-electron chi connectivity index (χ3n) is 3.06. The number of rotatable bonds is 3. The minimum absolute atomic E-state index is 0.00990. The zero-order valence-electron chi connectivity index (χ0n) is 10.3. The van der Waals surface area contributed by atoms with Gasteiger partial charge in [0.15, 0.2) is 0 Å². The number of aromatic amines is 1. The Hall–Kier alpha value is -1.36. The molecule has 0 spiro atoms. The van der Waals surface area contributed by atoms with Gasteiger partial charge in [0.05, 0.1) is 6.07 Å². The smallest absolute Gasteiger partial charge is 0.254 e. The average molecular weight is 237 g/mol. The van der Waals surface area contributed by atoms with E-state index in [1.807, 2.05) is 13.8 Å². The Morgan fingerprint density at radius 2 is 2.29 bits per heavy atom. The maximum Gasteiger partial charge on any atom is 0.254 e. The van der Waals surface area contributed by atoms with E-state index in [0.29, 0.717) is 11.7 Å². The second-order valence-electron chi connectivity index (χ2n) is 4.87. The van der Waals surface area contributed by atoms with Gasteiger partial charge in [0.25, 0.3) is 5.56 Å². The molecule has 5 nitrogen and oxygen atoms in total. The summed E-state index contributed by atoms with van der Waals surface area (Å²) in [6.07, 6.45) is 2.98. The lowest BCUT2D eigenvalue weighted by molar-refractivity contribution is 0.182. The molecule has 0 aromatic carbocycles. The molecular formula is C12H19N3O2. The largest absolute Gasteiger partial charge is 0.473 e. The van der Waals surface area contributed by atoms with Crippen LogP contribution in [0.1, 0.15) is 44.9 Å². The molecule has 0 aliphatic heterocycles. The van der Waals surface area contributed by atoms with Gasteiger partial charge < -0.3 is 15.5 Å². The quantitative estimate of drug-likeness (QED) is 0.826. The predicted molar refractivity (Wildman–Crippen MR) is 65.2 cm³/mol. The third-order valence-corrected chi connectivity index (χ3v) is 3.06. The molecule has 0 radical (unpaired) electrons. The van der Waals surface area contributed by atoms with Gasteiger partial charge in [-0.05, 0) is 19.3 Å². The lowest BCUT2D eigenvalue weighted by atomic mass is 10.2. The van der Waals surface area contributed by atoms with Crippen molar-refractivity contribution in [2.75, 3.05) is 0 Å². The van der Waals surface area contributed by atoms with Crippen LogP contribution in [0.15, 0.2) is 10.9 Å². The number of H-pyrrole nitrogens is 1. The van der Waals surface area contributed by atoms with Gasteiger partial charge in [-0.15, -0.1) is 0 Å². The summed E-state index contributed by atoms with van der Waals surface area (Å²) >= 11 is 0. The Bertz CT molecular complexity index is 442. The Labute approximate surface area is 100 Å². The number of hydrogen-bond acceptors (Lipinski definition) is 4. The minimum Gasteiger partial charge on any atom is -0.473 e. The van der Waals surface area contributed by atoms with Crippen LogP contribution in [0.3, 0.4) is 0 Å². The molecule has 2 rings (SSSR count). The molecule has 1 aromatic rings. The van der Waals surface area contributed by atoms with E-state index in [2.05, 4.69) is 9.97 Å². The molecule has 0 amide bonds. The standard InChI is InChI=1S/C12H19N3O2/c1-7(2)12-14-10(16)6-11(15-12)17-9-5-3-4-8(9)13/h6-9H,3-5,13H2,1-2H3,(H,14,15,16). The summed E-state index contributed by atoms with van der Waals surface area (Å²) in [5.41, 5.74) is 5.75. The minimum atomic E-state index is -0.176. The zero-order valence-corrected chi connectivity index (χ0v) is 10.3. The van der Waals surface area contributed by atoms with Gasteiger partial charge in [0.2, 0.25) is 5.88 Å².